The fourth-order valence-electron chi connectivity index (χ4n) is 1.51. The standard InChI is InChI=1S/C11H14BrFO3/c1-6(14)4-7-5-8(12)9(13)11(16-3)10(7)15-2/h5-6,14H,4H2,1-3H3. The predicted molar refractivity (Wildman–Crippen MR) is 62.6 cm³/mol. The molecule has 1 aromatic carbocycles. The highest BCUT2D eigenvalue weighted by atomic mass is 79.9. The Hall–Kier alpha value is -0.810. The Morgan fingerprint density at radius 1 is 1.38 bits per heavy atom. The third-order valence-electron chi connectivity index (χ3n) is 2.13. The normalized spacial score (nSPS) is 12.4. The van der Waals surface area contributed by atoms with Crippen molar-refractivity contribution >= 4 is 15.9 Å². The van der Waals surface area contributed by atoms with Gasteiger partial charge in [-0.25, -0.2) is 4.39 Å². The third-order valence-corrected chi connectivity index (χ3v) is 2.71. The summed E-state index contributed by atoms with van der Waals surface area (Å²) in [4.78, 5) is 0. The van der Waals surface area contributed by atoms with Crippen molar-refractivity contribution in [1.82, 2.24) is 0 Å². The van der Waals surface area contributed by atoms with E-state index < -0.39 is 11.9 Å². The van der Waals surface area contributed by atoms with E-state index in [0.717, 1.165) is 0 Å². The molecule has 5 heteroatoms. The first kappa shape index (κ1) is 13.3. The van der Waals surface area contributed by atoms with Crippen LogP contribution in [0.4, 0.5) is 4.39 Å². The second-order valence-corrected chi connectivity index (χ2v) is 4.31. The first-order valence-electron chi connectivity index (χ1n) is 4.78. The highest BCUT2D eigenvalue weighted by Gasteiger charge is 2.19. The van der Waals surface area contributed by atoms with Crippen LogP contribution >= 0.6 is 15.9 Å². The van der Waals surface area contributed by atoms with Crippen molar-refractivity contribution in [2.24, 2.45) is 0 Å². The summed E-state index contributed by atoms with van der Waals surface area (Å²) in [6, 6.07) is 1.59. The number of benzene rings is 1. The minimum atomic E-state index is -0.532. The molecule has 0 bridgehead atoms. The van der Waals surface area contributed by atoms with Crippen molar-refractivity contribution in [2.75, 3.05) is 14.2 Å². The van der Waals surface area contributed by atoms with Gasteiger partial charge in [-0.3, -0.25) is 0 Å². The molecule has 90 valence electrons. The van der Waals surface area contributed by atoms with E-state index in [9.17, 15) is 9.50 Å². The van der Waals surface area contributed by atoms with Gasteiger partial charge in [0, 0.05) is 12.0 Å². The van der Waals surface area contributed by atoms with Crippen LogP contribution in [0.5, 0.6) is 11.5 Å². The lowest BCUT2D eigenvalue weighted by Gasteiger charge is -2.15. The van der Waals surface area contributed by atoms with E-state index in [-0.39, 0.29) is 5.75 Å². The van der Waals surface area contributed by atoms with Gasteiger partial charge in [-0.2, -0.15) is 0 Å². The smallest absolute Gasteiger partial charge is 0.198 e. The summed E-state index contributed by atoms with van der Waals surface area (Å²) < 4.78 is 24.0. The van der Waals surface area contributed by atoms with Gasteiger partial charge in [0.05, 0.1) is 24.8 Å². The molecule has 0 radical (unpaired) electrons. The van der Waals surface area contributed by atoms with E-state index in [1.54, 1.807) is 13.0 Å². The summed E-state index contributed by atoms with van der Waals surface area (Å²) in [5, 5.41) is 9.34. The maximum Gasteiger partial charge on any atom is 0.198 e. The second kappa shape index (κ2) is 5.50. The molecule has 1 aromatic rings. The Balaban J connectivity index is 3.31. The van der Waals surface area contributed by atoms with Gasteiger partial charge in [-0.05, 0) is 28.9 Å². The zero-order valence-electron chi connectivity index (χ0n) is 9.38. The molecule has 0 spiro atoms. The summed E-state index contributed by atoms with van der Waals surface area (Å²) >= 11 is 3.10. The summed E-state index contributed by atoms with van der Waals surface area (Å²) in [7, 11) is 2.82. The average molecular weight is 293 g/mol. The molecule has 1 rings (SSSR count). The first-order chi connectivity index (χ1) is 7.51. The third kappa shape index (κ3) is 2.65. The fourth-order valence-corrected chi connectivity index (χ4v) is 1.97. The lowest BCUT2D eigenvalue weighted by molar-refractivity contribution is 0.193. The van der Waals surface area contributed by atoms with Crippen LogP contribution in [-0.2, 0) is 6.42 Å². The molecular formula is C11H14BrFO3. The van der Waals surface area contributed by atoms with Crippen molar-refractivity contribution < 1.29 is 19.0 Å². The van der Waals surface area contributed by atoms with Crippen LogP contribution in [0.15, 0.2) is 10.5 Å². The highest BCUT2D eigenvalue weighted by molar-refractivity contribution is 9.10. The summed E-state index contributed by atoms with van der Waals surface area (Å²) in [5.41, 5.74) is 0.697. The van der Waals surface area contributed by atoms with E-state index in [1.165, 1.54) is 14.2 Å². The fraction of sp³-hybridized carbons (Fsp3) is 0.455. The Kier molecular flexibility index (Phi) is 4.56. The van der Waals surface area contributed by atoms with Gasteiger partial charge in [0.15, 0.2) is 17.3 Å². The SMILES string of the molecule is COc1c(CC(C)O)cc(Br)c(F)c1OC. The quantitative estimate of drug-likeness (QED) is 0.927. The molecule has 0 amide bonds. The zero-order valence-corrected chi connectivity index (χ0v) is 11.0. The largest absolute Gasteiger partial charge is 0.492 e. The van der Waals surface area contributed by atoms with Gasteiger partial charge in [-0.15, -0.1) is 0 Å². The van der Waals surface area contributed by atoms with Gasteiger partial charge in [0.25, 0.3) is 0 Å². The van der Waals surface area contributed by atoms with E-state index >= 15 is 0 Å². The number of rotatable bonds is 4. The number of aliphatic hydroxyl groups is 1. The van der Waals surface area contributed by atoms with Gasteiger partial charge < -0.3 is 14.6 Å². The Morgan fingerprint density at radius 2 is 1.94 bits per heavy atom. The Bertz CT molecular complexity index is 380. The Labute approximate surface area is 102 Å². The van der Waals surface area contributed by atoms with Crippen LogP contribution < -0.4 is 9.47 Å². The molecule has 0 aliphatic rings. The van der Waals surface area contributed by atoms with Crippen molar-refractivity contribution in [3.8, 4) is 11.5 Å². The number of methoxy groups -OCH3 is 2. The first-order valence-corrected chi connectivity index (χ1v) is 5.57. The lowest BCUT2D eigenvalue weighted by atomic mass is 10.1. The van der Waals surface area contributed by atoms with Crippen molar-refractivity contribution in [3.63, 3.8) is 0 Å². The zero-order chi connectivity index (χ0) is 12.3. The van der Waals surface area contributed by atoms with Gasteiger partial charge in [0.2, 0.25) is 0 Å². The van der Waals surface area contributed by atoms with Crippen molar-refractivity contribution in [2.45, 2.75) is 19.4 Å². The van der Waals surface area contributed by atoms with Crippen LogP contribution in [0, 0.1) is 5.82 Å². The summed E-state index contributed by atoms with van der Waals surface area (Å²) in [6.45, 7) is 1.66. The molecule has 0 saturated heterocycles. The molecule has 0 saturated carbocycles. The minimum absolute atomic E-state index is 0.0486. The molecule has 0 heterocycles. The molecule has 0 aromatic heterocycles. The van der Waals surface area contributed by atoms with Crippen LogP contribution in [0.3, 0.4) is 0 Å². The summed E-state index contributed by atoms with van der Waals surface area (Å²) in [5.74, 6) is -0.134. The van der Waals surface area contributed by atoms with E-state index in [4.69, 9.17) is 9.47 Å². The molecule has 0 fully saturated rings. The van der Waals surface area contributed by atoms with Crippen LogP contribution in [0.2, 0.25) is 0 Å². The number of hydrogen-bond acceptors (Lipinski definition) is 3. The van der Waals surface area contributed by atoms with E-state index in [2.05, 4.69) is 15.9 Å². The molecule has 16 heavy (non-hydrogen) atoms. The topological polar surface area (TPSA) is 38.7 Å². The maximum absolute atomic E-state index is 13.7. The maximum atomic E-state index is 13.7. The van der Waals surface area contributed by atoms with Gasteiger partial charge in [-0.1, -0.05) is 0 Å². The average Bonchev–Trinajstić information content (AvgIpc) is 2.21. The van der Waals surface area contributed by atoms with Gasteiger partial charge >= 0.3 is 0 Å². The van der Waals surface area contributed by atoms with E-state index in [0.29, 0.717) is 22.2 Å². The molecule has 0 aliphatic heterocycles. The highest BCUT2D eigenvalue weighted by Crippen LogP contribution is 2.38. The minimum Gasteiger partial charge on any atom is -0.492 e. The monoisotopic (exact) mass is 292 g/mol. The van der Waals surface area contributed by atoms with Crippen molar-refractivity contribution in [1.29, 1.82) is 0 Å². The van der Waals surface area contributed by atoms with Crippen molar-refractivity contribution in [3.05, 3.63) is 21.9 Å². The van der Waals surface area contributed by atoms with Crippen LogP contribution in [-0.4, -0.2) is 25.4 Å². The molecule has 0 aliphatic carbocycles. The second-order valence-electron chi connectivity index (χ2n) is 3.45. The number of aliphatic hydroxyl groups excluding tert-OH is 1. The van der Waals surface area contributed by atoms with Gasteiger partial charge in [0.1, 0.15) is 0 Å². The molecule has 1 N–H and O–H groups in total. The summed E-state index contributed by atoms with van der Waals surface area (Å²) in [6.07, 6.45) is -0.158. The number of ether oxygens (including phenoxy) is 2. The molecular weight excluding hydrogens is 279 g/mol. The van der Waals surface area contributed by atoms with Crippen LogP contribution in [0.1, 0.15) is 12.5 Å². The van der Waals surface area contributed by atoms with E-state index in [1.807, 2.05) is 0 Å². The number of hydrogen-bond donors (Lipinski definition) is 1. The molecule has 1 unspecified atom stereocenters. The Morgan fingerprint density at radius 3 is 2.38 bits per heavy atom. The molecule has 3 nitrogen and oxygen atoms in total. The lowest BCUT2D eigenvalue weighted by Crippen LogP contribution is -2.07. The molecule has 1 atom stereocenters. The predicted octanol–water partition coefficient (Wildman–Crippen LogP) is 2.53. The number of halogens is 2. The van der Waals surface area contributed by atoms with Crippen LogP contribution in [0.25, 0.3) is 0 Å².